The second-order valence-electron chi connectivity index (χ2n) is 7.68. The summed E-state index contributed by atoms with van der Waals surface area (Å²) < 4.78 is 46.5. The Hall–Kier alpha value is -4.68. The Morgan fingerprint density at radius 3 is 2.57 bits per heavy atom. The molecule has 0 atom stereocenters. The average Bonchev–Trinajstić information content (AvgIpc) is 3.56. The molecule has 0 saturated heterocycles. The molecule has 5 aromatic rings. The number of alkyl halides is 3. The first-order valence-corrected chi connectivity index (χ1v) is 10.4. The Morgan fingerprint density at radius 1 is 1.11 bits per heavy atom. The third-order valence-electron chi connectivity index (χ3n) is 5.47. The van der Waals surface area contributed by atoms with Gasteiger partial charge in [-0.15, -0.1) is 0 Å². The minimum atomic E-state index is -4.78. The number of fused-ring (bicyclic) bond motifs is 1. The Bertz CT molecular complexity index is 1580. The molecule has 0 fully saturated rings. The summed E-state index contributed by atoms with van der Waals surface area (Å²) >= 11 is 0. The van der Waals surface area contributed by atoms with Crippen molar-refractivity contribution in [2.45, 2.75) is 19.6 Å². The maximum atomic E-state index is 14.1. The van der Waals surface area contributed by atoms with E-state index in [0.29, 0.717) is 12.2 Å². The highest BCUT2D eigenvalue weighted by molar-refractivity contribution is 5.95. The van der Waals surface area contributed by atoms with Crippen LogP contribution in [0, 0.1) is 0 Å². The molecule has 4 heterocycles. The Morgan fingerprint density at radius 2 is 1.91 bits per heavy atom. The first-order valence-electron chi connectivity index (χ1n) is 10.4. The van der Waals surface area contributed by atoms with E-state index in [1.54, 1.807) is 23.3 Å². The minimum Gasteiger partial charge on any atom is -0.397 e. The van der Waals surface area contributed by atoms with Gasteiger partial charge >= 0.3 is 6.18 Å². The van der Waals surface area contributed by atoms with Crippen molar-refractivity contribution in [2.75, 3.05) is 5.73 Å². The number of hydrogen-bond acceptors (Lipinski definition) is 6. The van der Waals surface area contributed by atoms with E-state index in [1.807, 2.05) is 6.92 Å². The SMILES string of the molecule is CCn1cc(-c2cn(-c3ccnc4c3c(C(F)(F)F)nn4-c3ccc(C(N)=O)cc3N)cn2)cn1. The summed E-state index contributed by atoms with van der Waals surface area (Å²) in [4.78, 5) is 19.9. The Kier molecular flexibility index (Phi) is 5.04. The highest BCUT2D eigenvalue weighted by atomic mass is 19.4. The van der Waals surface area contributed by atoms with Crippen molar-refractivity contribution >= 4 is 22.6 Å². The van der Waals surface area contributed by atoms with Gasteiger partial charge in [0.15, 0.2) is 11.3 Å². The van der Waals surface area contributed by atoms with Crippen LogP contribution in [-0.4, -0.2) is 40.0 Å². The van der Waals surface area contributed by atoms with Crippen LogP contribution in [0.4, 0.5) is 18.9 Å². The van der Waals surface area contributed by atoms with Crippen molar-refractivity contribution in [3.05, 3.63) is 66.6 Å². The van der Waals surface area contributed by atoms with Gasteiger partial charge in [0.25, 0.3) is 0 Å². The van der Waals surface area contributed by atoms with Crippen molar-refractivity contribution in [3.8, 4) is 22.6 Å². The number of hydrogen-bond donors (Lipinski definition) is 2. The number of carbonyl (C=O) groups is 1. The van der Waals surface area contributed by atoms with E-state index >= 15 is 0 Å². The van der Waals surface area contributed by atoms with Gasteiger partial charge in [0.2, 0.25) is 5.91 Å². The topological polar surface area (TPSA) is 135 Å². The first-order chi connectivity index (χ1) is 16.7. The molecule has 35 heavy (non-hydrogen) atoms. The number of nitrogens with two attached hydrogens (primary N) is 2. The highest BCUT2D eigenvalue weighted by Gasteiger charge is 2.39. The van der Waals surface area contributed by atoms with Crippen LogP contribution in [0.25, 0.3) is 33.7 Å². The largest absolute Gasteiger partial charge is 0.435 e. The van der Waals surface area contributed by atoms with Gasteiger partial charge < -0.3 is 16.0 Å². The summed E-state index contributed by atoms with van der Waals surface area (Å²) in [7, 11) is 0. The number of aromatic nitrogens is 7. The van der Waals surface area contributed by atoms with Gasteiger partial charge in [-0.25, -0.2) is 14.6 Å². The average molecular weight is 481 g/mol. The number of primary amides is 1. The van der Waals surface area contributed by atoms with Crippen molar-refractivity contribution in [3.63, 3.8) is 0 Å². The van der Waals surface area contributed by atoms with Crippen LogP contribution in [0.15, 0.2) is 55.4 Å². The lowest BCUT2D eigenvalue weighted by atomic mass is 10.1. The van der Waals surface area contributed by atoms with E-state index in [-0.39, 0.29) is 33.7 Å². The summed E-state index contributed by atoms with van der Waals surface area (Å²) in [6.07, 6.45) is 3.05. The van der Waals surface area contributed by atoms with E-state index in [4.69, 9.17) is 11.5 Å². The smallest absolute Gasteiger partial charge is 0.397 e. The molecule has 13 heteroatoms. The molecule has 0 aliphatic carbocycles. The van der Waals surface area contributed by atoms with E-state index in [2.05, 4.69) is 20.2 Å². The Labute approximate surface area is 195 Å². The number of imidazole rings is 1. The lowest BCUT2D eigenvalue weighted by Gasteiger charge is -2.08. The van der Waals surface area contributed by atoms with E-state index in [1.165, 1.54) is 41.4 Å². The molecular formula is C22H18F3N9O. The lowest BCUT2D eigenvalue weighted by molar-refractivity contribution is -0.140. The number of halogens is 3. The molecule has 0 aliphatic heterocycles. The van der Waals surface area contributed by atoms with Crippen LogP contribution in [-0.2, 0) is 12.7 Å². The molecule has 4 N–H and O–H groups in total. The van der Waals surface area contributed by atoms with Crippen LogP contribution in [0.1, 0.15) is 23.0 Å². The van der Waals surface area contributed by atoms with E-state index in [9.17, 15) is 18.0 Å². The van der Waals surface area contributed by atoms with Gasteiger partial charge in [-0.2, -0.15) is 23.4 Å². The molecule has 1 aromatic carbocycles. The number of anilines is 1. The van der Waals surface area contributed by atoms with Gasteiger partial charge in [-0.1, -0.05) is 0 Å². The molecule has 0 aliphatic rings. The molecule has 0 radical (unpaired) electrons. The molecule has 178 valence electrons. The molecule has 0 bridgehead atoms. The Balaban J connectivity index is 1.70. The fourth-order valence-corrected chi connectivity index (χ4v) is 3.78. The fourth-order valence-electron chi connectivity index (χ4n) is 3.78. The predicted octanol–water partition coefficient (Wildman–Crippen LogP) is 3.19. The van der Waals surface area contributed by atoms with E-state index in [0.717, 1.165) is 10.2 Å². The number of nitrogen functional groups attached to an aromatic ring is 1. The molecule has 0 saturated carbocycles. The quantitative estimate of drug-likeness (QED) is 0.370. The first kappa shape index (κ1) is 22.1. The third-order valence-corrected chi connectivity index (χ3v) is 5.47. The molecule has 5 rings (SSSR count). The number of nitrogens with zero attached hydrogens (tertiary/aromatic N) is 7. The number of benzene rings is 1. The van der Waals surface area contributed by atoms with Gasteiger partial charge in [-0.05, 0) is 31.2 Å². The summed E-state index contributed by atoms with van der Waals surface area (Å²) in [5.41, 5.74) is 11.8. The minimum absolute atomic E-state index is 0.0180. The molecule has 10 nitrogen and oxygen atoms in total. The van der Waals surface area contributed by atoms with Crippen molar-refractivity contribution in [1.29, 1.82) is 0 Å². The monoisotopic (exact) mass is 481 g/mol. The summed E-state index contributed by atoms with van der Waals surface area (Å²) in [6, 6.07) is 5.46. The fraction of sp³-hybridized carbons (Fsp3) is 0.136. The van der Waals surface area contributed by atoms with Crippen LogP contribution in [0.3, 0.4) is 0 Å². The lowest BCUT2D eigenvalue weighted by Crippen LogP contribution is -2.12. The normalized spacial score (nSPS) is 11.9. The van der Waals surface area contributed by atoms with E-state index < -0.39 is 17.8 Å². The maximum absolute atomic E-state index is 14.1. The van der Waals surface area contributed by atoms with Crippen LogP contribution >= 0.6 is 0 Å². The van der Waals surface area contributed by atoms with Gasteiger partial charge in [0.05, 0.1) is 40.7 Å². The molecular weight excluding hydrogens is 463 g/mol. The van der Waals surface area contributed by atoms with Gasteiger partial charge in [0, 0.05) is 36.3 Å². The maximum Gasteiger partial charge on any atom is 0.435 e. The zero-order chi connectivity index (χ0) is 24.9. The van der Waals surface area contributed by atoms with Crippen molar-refractivity contribution in [1.82, 2.24) is 34.1 Å². The molecule has 1 amide bonds. The number of aryl methyl sites for hydroxylation is 1. The number of carbonyl (C=O) groups excluding carboxylic acids is 1. The number of amides is 1. The second kappa shape index (κ2) is 7.97. The zero-order valence-electron chi connectivity index (χ0n) is 18.2. The molecule has 0 unspecified atom stereocenters. The zero-order valence-corrected chi connectivity index (χ0v) is 18.2. The second-order valence-corrected chi connectivity index (χ2v) is 7.68. The molecule has 4 aromatic heterocycles. The summed E-state index contributed by atoms with van der Waals surface area (Å²) in [5, 5.41) is 7.79. The molecule has 0 spiro atoms. The predicted molar refractivity (Wildman–Crippen MR) is 121 cm³/mol. The van der Waals surface area contributed by atoms with Gasteiger partial charge in [0.1, 0.15) is 0 Å². The van der Waals surface area contributed by atoms with Crippen molar-refractivity contribution < 1.29 is 18.0 Å². The number of rotatable bonds is 5. The van der Waals surface area contributed by atoms with Crippen LogP contribution < -0.4 is 11.5 Å². The summed E-state index contributed by atoms with van der Waals surface area (Å²) in [5.74, 6) is -0.717. The van der Waals surface area contributed by atoms with Gasteiger partial charge in [-0.3, -0.25) is 9.48 Å². The summed E-state index contributed by atoms with van der Waals surface area (Å²) in [6.45, 7) is 2.61. The number of pyridine rings is 1. The third kappa shape index (κ3) is 3.76. The van der Waals surface area contributed by atoms with Crippen molar-refractivity contribution in [2.24, 2.45) is 5.73 Å². The highest BCUT2D eigenvalue weighted by Crippen LogP contribution is 2.38. The van der Waals surface area contributed by atoms with Crippen LogP contribution in [0.5, 0.6) is 0 Å². The van der Waals surface area contributed by atoms with Crippen LogP contribution in [0.2, 0.25) is 0 Å². The standard InChI is InChI=1S/C22H18F3N9O/c1-2-33-9-13(8-30-33)15-10-32(11-29-15)17-5-6-28-21-18(17)19(22(23,24)25)31-34(21)16-4-3-12(20(27)35)7-14(16)26/h3-11H,2,26H2,1H3,(H2,27,35).